The van der Waals surface area contributed by atoms with Crippen molar-refractivity contribution in [1.82, 2.24) is 4.98 Å². The summed E-state index contributed by atoms with van der Waals surface area (Å²) in [4.78, 5) is 19.3. The first-order chi connectivity index (χ1) is 21.3. The molecule has 0 aliphatic heterocycles. The van der Waals surface area contributed by atoms with E-state index in [0.29, 0.717) is 24.9 Å². The zero-order chi connectivity index (χ0) is 30.9. The molecule has 1 amide bonds. The number of nitrogens with zero attached hydrogens (tertiary/aromatic N) is 1. The summed E-state index contributed by atoms with van der Waals surface area (Å²) in [5, 5.41) is 3.49. The van der Waals surface area contributed by atoms with E-state index in [4.69, 9.17) is 9.72 Å². The monoisotopic (exact) mass is 588 g/mol. The van der Waals surface area contributed by atoms with Crippen molar-refractivity contribution in [3.05, 3.63) is 125 Å². The van der Waals surface area contributed by atoms with Gasteiger partial charge in [0.2, 0.25) is 5.91 Å². The molecule has 4 heteroatoms. The molecule has 44 heavy (non-hydrogen) atoms. The highest BCUT2D eigenvalue weighted by Gasteiger charge is 2.39. The van der Waals surface area contributed by atoms with Crippen LogP contribution in [-0.4, -0.2) is 10.9 Å². The SMILES string of the molecule is CC(C)c1cccc(C(C)C)c1NC(=O)C(Cc1ccc(OCc2ccccc2)cc1)CC1(c2ccccn2)CCCCC1. The number of rotatable bonds is 12. The van der Waals surface area contributed by atoms with Gasteiger partial charge in [0.15, 0.2) is 0 Å². The number of benzene rings is 3. The second kappa shape index (κ2) is 14.7. The second-order valence-corrected chi connectivity index (χ2v) is 13.2. The third-order valence-electron chi connectivity index (χ3n) is 9.30. The van der Waals surface area contributed by atoms with Crippen molar-refractivity contribution in [2.45, 2.75) is 96.5 Å². The van der Waals surface area contributed by atoms with E-state index < -0.39 is 0 Å². The molecule has 0 bridgehead atoms. The van der Waals surface area contributed by atoms with Crippen molar-refractivity contribution in [3.63, 3.8) is 0 Å². The zero-order valence-corrected chi connectivity index (χ0v) is 26.9. The first-order valence-corrected chi connectivity index (χ1v) is 16.5. The number of ether oxygens (including phenoxy) is 1. The molecule has 1 saturated carbocycles. The van der Waals surface area contributed by atoms with E-state index in [0.717, 1.165) is 47.5 Å². The summed E-state index contributed by atoms with van der Waals surface area (Å²) < 4.78 is 6.06. The van der Waals surface area contributed by atoms with Gasteiger partial charge in [0.25, 0.3) is 0 Å². The van der Waals surface area contributed by atoms with Gasteiger partial charge in [-0.1, -0.05) is 114 Å². The number of carbonyl (C=O) groups excluding carboxylic acids is 1. The molecule has 1 heterocycles. The van der Waals surface area contributed by atoms with Crippen LogP contribution in [0.25, 0.3) is 0 Å². The Hall–Kier alpha value is -3.92. The van der Waals surface area contributed by atoms with Crippen molar-refractivity contribution in [3.8, 4) is 5.75 Å². The lowest BCUT2D eigenvalue weighted by molar-refractivity contribution is -0.120. The van der Waals surface area contributed by atoms with Crippen LogP contribution in [-0.2, 0) is 23.2 Å². The lowest BCUT2D eigenvalue weighted by atomic mass is 9.66. The highest BCUT2D eigenvalue weighted by Crippen LogP contribution is 2.44. The molecule has 4 nitrogen and oxygen atoms in total. The maximum absolute atomic E-state index is 14.5. The molecule has 1 unspecified atom stereocenters. The fraction of sp³-hybridized carbons (Fsp3) is 0.400. The van der Waals surface area contributed by atoms with E-state index in [2.05, 4.69) is 87.6 Å². The molecule has 230 valence electrons. The van der Waals surface area contributed by atoms with E-state index >= 15 is 0 Å². The average Bonchev–Trinajstić information content (AvgIpc) is 3.05. The van der Waals surface area contributed by atoms with Crippen LogP contribution >= 0.6 is 0 Å². The third kappa shape index (κ3) is 7.77. The minimum atomic E-state index is -0.202. The predicted octanol–water partition coefficient (Wildman–Crippen LogP) is 10.00. The first-order valence-electron chi connectivity index (χ1n) is 16.5. The van der Waals surface area contributed by atoms with Gasteiger partial charge >= 0.3 is 0 Å². The van der Waals surface area contributed by atoms with Gasteiger partial charge in [-0.2, -0.15) is 0 Å². The number of hydrogen-bond donors (Lipinski definition) is 1. The summed E-state index contributed by atoms with van der Waals surface area (Å²) in [6.07, 6.45) is 9.08. The van der Waals surface area contributed by atoms with Gasteiger partial charge in [-0.25, -0.2) is 0 Å². The third-order valence-corrected chi connectivity index (χ3v) is 9.30. The minimum absolute atomic E-state index is 0.0985. The van der Waals surface area contributed by atoms with Gasteiger partial charge in [-0.3, -0.25) is 9.78 Å². The number of hydrogen-bond acceptors (Lipinski definition) is 3. The van der Waals surface area contributed by atoms with Crippen molar-refractivity contribution in [2.24, 2.45) is 5.92 Å². The molecule has 1 N–H and O–H groups in total. The Morgan fingerprint density at radius 3 is 2.05 bits per heavy atom. The molecule has 1 aliphatic rings. The smallest absolute Gasteiger partial charge is 0.227 e. The van der Waals surface area contributed by atoms with Gasteiger partial charge in [-0.15, -0.1) is 0 Å². The molecule has 0 radical (unpaired) electrons. The molecule has 5 rings (SSSR count). The fourth-order valence-electron chi connectivity index (χ4n) is 6.87. The Balaban J connectivity index is 1.43. The fourth-order valence-corrected chi connectivity index (χ4v) is 6.87. The number of para-hydroxylation sites is 1. The average molecular weight is 589 g/mol. The summed E-state index contributed by atoms with van der Waals surface area (Å²) in [5.74, 6) is 1.35. The normalized spacial score (nSPS) is 15.2. The topological polar surface area (TPSA) is 51.2 Å². The van der Waals surface area contributed by atoms with Crippen LogP contribution in [0, 0.1) is 5.92 Å². The van der Waals surface area contributed by atoms with Crippen LogP contribution in [0.1, 0.15) is 106 Å². The standard InChI is InChI=1S/C40H48N2O2/c1-29(2)35-16-13-17-36(30(3)4)38(35)42-39(43)33(27-40(23-10-6-11-24-40)37-18-9-12-25-41-37)26-31-19-21-34(22-20-31)44-28-32-14-7-5-8-15-32/h5,7-9,12-22,25,29-30,33H,6,10-11,23-24,26-28H2,1-4H3,(H,42,43). The molecule has 1 atom stereocenters. The molecular formula is C40H48N2O2. The maximum atomic E-state index is 14.5. The minimum Gasteiger partial charge on any atom is -0.489 e. The number of aromatic nitrogens is 1. The largest absolute Gasteiger partial charge is 0.489 e. The summed E-state index contributed by atoms with van der Waals surface area (Å²) in [6.45, 7) is 9.33. The van der Waals surface area contributed by atoms with Crippen molar-refractivity contribution >= 4 is 11.6 Å². The van der Waals surface area contributed by atoms with Crippen LogP contribution in [0.15, 0.2) is 97.2 Å². The Bertz CT molecular complexity index is 1450. The van der Waals surface area contributed by atoms with E-state index in [-0.39, 0.29) is 17.2 Å². The predicted molar refractivity (Wildman–Crippen MR) is 181 cm³/mol. The van der Waals surface area contributed by atoms with Gasteiger partial charge < -0.3 is 10.1 Å². The maximum Gasteiger partial charge on any atom is 0.227 e. The Morgan fingerprint density at radius 1 is 0.773 bits per heavy atom. The van der Waals surface area contributed by atoms with Crippen molar-refractivity contribution < 1.29 is 9.53 Å². The Morgan fingerprint density at radius 2 is 1.43 bits per heavy atom. The van der Waals surface area contributed by atoms with Crippen molar-refractivity contribution in [2.75, 3.05) is 5.32 Å². The highest BCUT2D eigenvalue weighted by molar-refractivity contribution is 5.94. The van der Waals surface area contributed by atoms with E-state index in [9.17, 15) is 4.79 Å². The van der Waals surface area contributed by atoms with Crippen molar-refractivity contribution in [1.29, 1.82) is 0 Å². The van der Waals surface area contributed by atoms with E-state index in [1.807, 2.05) is 42.6 Å². The number of nitrogens with one attached hydrogen (secondary N) is 1. The lowest BCUT2D eigenvalue weighted by Gasteiger charge is -2.39. The van der Waals surface area contributed by atoms with Crippen LogP contribution in [0.2, 0.25) is 0 Å². The Kier molecular flexibility index (Phi) is 10.5. The molecule has 4 aromatic rings. The van der Waals surface area contributed by atoms with Gasteiger partial charge in [0.1, 0.15) is 12.4 Å². The summed E-state index contributed by atoms with van der Waals surface area (Å²) in [5.41, 5.74) is 6.70. The zero-order valence-electron chi connectivity index (χ0n) is 26.9. The number of carbonyl (C=O) groups is 1. The second-order valence-electron chi connectivity index (χ2n) is 13.2. The molecule has 1 aliphatic carbocycles. The molecule has 0 spiro atoms. The van der Waals surface area contributed by atoms with Crippen LogP contribution in [0.4, 0.5) is 5.69 Å². The summed E-state index contributed by atoms with van der Waals surface area (Å²) in [7, 11) is 0. The quantitative estimate of drug-likeness (QED) is 0.179. The summed E-state index contributed by atoms with van der Waals surface area (Å²) >= 11 is 0. The van der Waals surface area contributed by atoms with Gasteiger partial charge in [0, 0.05) is 28.9 Å². The molecule has 1 fully saturated rings. The summed E-state index contributed by atoms with van der Waals surface area (Å²) in [6, 6.07) is 31.2. The molecular weight excluding hydrogens is 540 g/mol. The molecule has 0 saturated heterocycles. The van der Waals surface area contributed by atoms with E-state index in [1.165, 1.54) is 30.4 Å². The van der Waals surface area contributed by atoms with E-state index in [1.54, 1.807) is 0 Å². The molecule has 1 aromatic heterocycles. The van der Waals surface area contributed by atoms with Gasteiger partial charge in [-0.05, 0) is 84.0 Å². The Labute approximate surface area is 264 Å². The first kappa shape index (κ1) is 31.5. The number of amides is 1. The molecule has 3 aromatic carbocycles. The lowest BCUT2D eigenvalue weighted by Crippen LogP contribution is -2.37. The van der Waals surface area contributed by atoms with Gasteiger partial charge in [0.05, 0.1) is 0 Å². The number of pyridine rings is 1. The van der Waals surface area contributed by atoms with Crippen LogP contribution < -0.4 is 10.1 Å². The highest BCUT2D eigenvalue weighted by atomic mass is 16.5. The van der Waals surface area contributed by atoms with Crippen LogP contribution in [0.3, 0.4) is 0 Å². The number of anilines is 1. The van der Waals surface area contributed by atoms with Crippen LogP contribution in [0.5, 0.6) is 5.75 Å².